The summed E-state index contributed by atoms with van der Waals surface area (Å²) in [5.41, 5.74) is 7.03. The van der Waals surface area contributed by atoms with Gasteiger partial charge in [-0.2, -0.15) is 0 Å². The summed E-state index contributed by atoms with van der Waals surface area (Å²) in [4.78, 5) is 8.99. The third-order valence-electron chi connectivity index (χ3n) is 2.67. The Bertz CT molecular complexity index is 351. The molecule has 0 saturated heterocycles. The molecular formula is C13H25N4P. The van der Waals surface area contributed by atoms with Gasteiger partial charge in [0.2, 0.25) is 0 Å². The lowest BCUT2D eigenvalue weighted by molar-refractivity contribution is 0.770. The summed E-state index contributed by atoms with van der Waals surface area (Å²) in [6, 6.07) is 0. The van der Waals surface area contributed by atoms with Crippen molar-refractivity contribution in [3.63, 3.8) is 0 Å². The van der Waals surface area contributed by atoms with Crippen LogP contribution in [0.15, 0.2) is 6.20 Å². The van der Waals surface area contributed by atoms with Crippen LogP contribution in [0.25, 0.3) is 0 Å². The van der Waals surface area contributed by atoms with E-state index in [9.17, 15) is 0 Å². The number of rotatable bonds is 8. The fourth-order valence-corrected chi connectivity index (χ4v) is 2.85. The Morgan fingerprint density at radius 2 is 2.06 bits per heavy atom. The van der Waals surface area contributed by atoms with Crippen LogP contribution in [0.1, 0.15) is 45.7 Å². The fraction of sp³-hybridized carbons (Fsp3) is 0.692. The second kappa shape index (κ2) is 8.25. The normalized spacial score (nSPS) is 11.3. The predicted molar refractivity (Wildman–Crippen MR) is 81.5 cm³/mol. The zero-order chi connectivity index (χ0) is 13.4. The van der Waals surface area contributed by atoms with Gasteiger partial charge in [-0.25, -0.2) is 9.97 Å². The highest BCUT2D eigenvalue weighted by molar-refractivity contribution is 7.40. The van der Waals surface area contributed by atoms with Gasteiger partial charge in [0.15, 0.2) is 11.6 Å². The van der Waals surface area contributed by atoms with Crippen LogP contribution in [0.5, 0.6) is 0 Å². The molecule has 0 fully saturated rings. The molecule has 0 bridgehead atoms. The van der Waals surface area contributed by atoms with Crippen molar-refractivity contribution in [1.29, 1.82) is 0 Å². The van der Waals surface area contributed by atoms with Crippen LogP contribution in [0.4, 0.5) is 11.6 Å². The van der Waals surface area contributed by atoms with E-state index in [0.29, 0.717) is 5.82 Å². The maximum absolute atomic E-state index is 5.97. The summed E-state index contributed by atoms with van der Waals surface area (Å²) in [7, 11) is 0.736. The fourth-order valence-electron chi connectivity index (χ4n) is 1.78. The summed E-state index contributed by atoms with van der Waals surface area (Å²) < 4.78 is 2.28. The number of nitrogens with zero attached hydrogens (tertiary/aromatic N) is 3. The van der Waals surface area contributed by atoms with Gasteiger partial charge in [-0.15, -0.1) is 0 Å². The second-order valence-electron chi connectivity index (χ2n) is 4.34. The van der Waals surface area contributed by atoms with Crippen LogP contribution in [0, 0.1) is 0 Å². The maximum atomic E-state index is 5.97. The molecule has 18 heavy (non-hydrogen) atoms. The smallest absolute Gasteiger partial charge is 0.174 e. The lowest BCUT2D eigenvalue weighted by atomic mass is 10.2. The highest BCUT2D eigenvalue weighted by atomic mass is 31.1. The SMILES string of the molecule is CCCCc1cnc(N)c(N(CCC)PCC)n1. The van der Waals surface area contributed by atoms with Gasteiger partial charge in [0.05, 0.1) is 11.9 Å². The van der Waals surface area contributed by atoms with Gasteiger partial charge < -0.3 is 10.4 Å². The molecule has 0 spiro atoms. The van der Waals surface area contributed by atoms with Crippen molar-refractivity contribution < 1.29 is 0 Å². The lowest BCUT2D eigenvalue weighted by Crippen LogP contribution is -2.18. The standard InChI is InChI=1S/C13H25N4P/c1-4-7-8-11-10-15-12(14)13(16-11)17(9-5-2)18-6-3/h10,18H,4-9H2,1-3H3,(H2,14,15). The van der Waals surface area contributed by atoms with E-state index in [2.05, 4.69) is 30.4 Å². The third-order valence-corrected chi connectivity index (χ3v) is 3.80. The number of hydrogen-bond donors (Lipinski definition) is 1. The Morgan fingerprint density at radius 3 is 2.67 bits per heavy atom. The van der Waals surface area contributed by atoms with Crippen molar-refractivity contribution in [1.82, 2.24) is 9.97 Å². The van der Waals surface area contributed by atoms with Crippen molar-refractivity contribution >= 4 is 20.4 Å². The van der Waals surface area contributed by atoms with Gasteiger partial charge in [-0.05, 0) is 34.2 Å². The Hall–Kier alpha value is -0.890. The number of nitrogen functional groups attached to an aromatic ring is 1. The van der Waals surface area contributed by atoms with Gasteiger partial charge in [0, 0.05) is 6.54 Å². The average Bonchev–Trinajstić information content (AvgIpc) is 2.37. The molecule has 4 nitrogen and oxygen atoms in total. The Kier molecular flexibility index (Phi) is 6.96. The molecule has 0 amide bonds. The molecule has 1 rings (SSSR count). The van der Waals surface area contributed by atoms with E-state index in [1.54, 1.807) is 0 Å². The average molecular weight is 268 g/mol. The molecule has 0 aliphatic rings. The lowest BCUT2D eigenvalue weighted by Gasteiger charge is -2.23. The molecule has 2 N–H and O–H groups in total. The van der Waals surface area contributed by atoms with Crippen molar-refractivity contribution in [3.8, 4) is 0 Å². The van der Waals surface area contributed by atoms with Crippen LogP contribution < -0.4 is 10.4 Å². The van der Waals surface area contributed by atoms with E-state index in [0.717, 1.165) is 52.2 Å². The number of anilines is 2. The van der Waals surface area contributed by atoms with Crippen LogP contribution in [-0.2, 0) is 6.42 Å². The van der Waals surface area contributed by atoms with Crippen LogP contribution in [0.3, 0.4) is 0 Å². The Balaban J connectivity index is 2.88. The summed E-state index contributed by atoms with van der Waals surface area (Å²) in [5, 5.41) is 0. The minimum absolute atomic E-state index is 0.560. The van der Waals surface area contributed by atoms with Gasteiger partial charge in [0.25, 0.3) is 0 Å². The first kappa shape index (κ1) is 15.2. The molecule has 5 heteroatoms. The van der Waals surface area contributed by atoms with Gasteiger partial charge >= 0.3 is 0 Å². The minimum atomic E-state index is 0.560. The largest absolute Gasteiger partial charge is 0.381 e. The molecule has 0 aliphatic heterocycles. The van der Waals surface area contributed by atoms with Crippen molar-refractivity contribution in [2.24, 2.45) is 0 Å². The molecule has 0 aromatic carbocycles. The number of nitrogens with two attached hydrogens (primary N) is 1. The summed E-state index contributed by atoms with van der Waals surface area (Å²) in [6.45, 7) is 7.55. The van der Waals surface area contributed by atoms with Gasteiger partial charge in [-0.1, -0.05) is 27.2 Å². The minimum Gasteiger partial charge on any atom is -0.381 e. The zero-order valence-corrected chi connectivity index (χ0v) is 12.7. The molecule has 1 aromatic rings. The number of aryl methyl sites for hydroxylation is 1. The number of aromatic nitrogens is 2. The van der Waals surface area contributed by atoms with Crippen molar-refractivity contribution in [3.05, 3.63) is 11.9 Å². The highest BCUT2D eigenvalue weighted by Crippen LogP contribution is 2.29. The number of unbranched alkanes of at least 4 members (excludes halogenated alkanes) is 1. The van der Waals surface area contributed by atoms with E-state index in [1.165, 1.54) is 6.42 Å². The van der Waals surface area contributed by atoms with E-state index >= 15 is 0 Å². The summed E-state index contributed by atoms with van der Waals surface area (Å²) >= 11 is 0. The molecule has 0 saturated carbocycles. The van der Waals surface area contributed by atoms with Crippen LogP contribution in [0.2, 0.25) is 0 Å². The van der Waals surface area contributed by atoms with Gasteiger partial charge in [0.1, 0.15) is 0 Å². The topological polar surface area (TPSA) is 55.0 Å². The molecular weight excluding hydrogens is 243 g/mol. The molecule has 1 atom stereocenters. The predicted octanol–water partition coefficient (Wildman–Crippen LogP) is 3.23. The molecule has 0 radical (unpaired) electrons. The molecule has 1 aromatic heterocycles. The zero-order valence-electron chi connectivity index (χ0n) is 11.7. The first-order valence-electron chi connectivity index (χ1n) is 6.85. The Labute approximate surface area is 112 Å². The van der Waals surface area contributed by atoms with Crippen molar-refractivity contribution in [2.75, 3.05) is 23.1 Å². The van der Waals surface area contributed by atoms with Crippen LogP contribution in [-0.4, -0.2) is 22.7 Å². The van der Waals surface area contributed by atoms with E-state index in [-0.39, 0.29) is 0 Å². The molecule has 1 unspecified atom stereocenters. The summed E-state index contributed by atoms with van der Waals surface area (Å²) in [6.07, 6.45) is 7.37. The third kappa shape index (κ3) is 4.41. The first-order chi connectivity index (χ1) is 8.72. The quantitative estimate of drug-likeness (QED) is 0.735. The Morgan fingerprint density at radius 1 is 1.28 bits per heavy atom. The number of hydrogen-bond acceptors (Lipinski definition) is 4. The van der Waals surface area contributed by atoms with Crippen molar-refractivity contribution in [2.45, 2.75) is 46.5 Å². The van der Waals surface area contributed by atoms with Gasteiger partial charge in [-0.3, -0.25) is 0 Å². The first-order valence-corrected chi connectivity index (χ1v) is 8.00. The van der Waals surface area contributed by atoms with E-state index in [1.807, 2.05) is 6.20 Å². The maximum Gasteiger partial charge on any atom is 0.174 e. The van der Waals surface area contributed by atoms with E-state index < -0.39 is 0 Å². The monoisotopic (exact) mass is 268 g/mol. The summed E-state index contributed by atoms with van der Waals surface area (Å²) in [5.74, 6) is 1.44. The van der Waals surface area contributed by atoms with Crippen LogP contribution >= 0.6 is 8.73 Å². The molecule has 102 valence electrons. The highest BCUT2D eigenvalue weighted by Gasteiger charge is 2.12. The second-order valence-corrected chi connectivity index (χ2v) is 5.90. The molecule has 1 heterocycles. The van der Waals surface area contributed by atoms with E-state index in [4.69, 9.17) is 10.7 Å². The molecule has 0 aliphatic carbocycles.